The van der Waals surface area contributed by atoms with Crippen LogP contribution in [0.4, 0.5) is 0 Å². The molecular weight excluding hydrogens is 142 g/mol. The van der Waals surface area contributed by atoms with Gasteiger partial charge >= 0.3 is 0 Å². The molecular formula is C7H15N3O. The highest BCUT2D eigenvalue weighted by Gasteiger charge is 2.28. The molecule has 6 N–H and O–H groups in total. The molecule has 11 heavy (non-hydrogen) atoms. The first kappa shape index (κ1) is 8.49. The summed E-state index contributed by atoms with van der Waals surface area (Å²) >= 11 is 0. The zero-order chi connectivity index (χ0) is 8.43. The summed E-state index contributed by atoms with van der Waals surface area (Å²) in [6.07, 6.45) is 2.26. The molecule has 1 fully saturated rings. The summed E-state index contributed by atoms with van der Waals surface area (Å²) in [5.41, 5.74) is 16.5. The zero-order valence-corrected chi connectivity index (χ0v) is 6.49. The van der Waals surface area contributed by atoms with Gasteiger partial charge in [-0.2, -0.15) is 0 Å². The third kappa shape index (κ3) is 1.91. The van der Waals surface area contributed by atoms with Crippen LogP contribution in [0, 0.1) is 5.92 Å². The maximum Gasteiger partial charge on any atom is 0.220 e. The van der Waals surface area contributed by atoms with E-state index in [0.717, 1.165) is 12.8 Å². The fourth-order valence-corrected chi connectivity index (χ4v) is 1.49. The van der Waals surface area contributed by atoms with Crippen molar-refractivity contribution in [2.24, 2.45) is 23.1 Å². The topological polar surface area (TPSA) is 95.1 Å². The van der Waals surface area contributed by atoms with Crippen LogP contribution in [0.25, 0.3) is 0 Å². The minimum Gasteiger partial charge on any atom is -0.369 e. The van der Waals surface area contributed by atoms with E-state index in [1.165, 1.54) is 0 Å². The Morgan fingerprint density at radius 3 is 2.27 bits per heavy atom. The molecule has 0 aromatic carbocycles. The lowest BCUT2D eigenvalue weighted by Gasteiger charge is -2.29. The van der Waals surface area contributed by atoms with E-state index < -0.39 is 0 Å². The van der Waals surface area contributed by atoms with E-state index in [1.54, 1.807) is 0 Å². The van der Waals surface area contributed by atoms with Gasteiger partial charge in [0, 0.05) is 18.0 Å². The molecule has 0 aliphatic heterocycles. The van der Waals surface area contributed by atoms with Gasteiger partial charge in [-0.1, -0.05) is 0 Å². The fourth-order valence-electron chi connectivity index (χ4n) is 1.49. The Labute approximate surface area is 66.1 Å². The molecule has 0 spiro atoms. The molecule has 0 bridgehead atoms. The molecule has 1 aliphatic rings. The van der Waals surface area contributed by atoms with Gasteiger partial charge in [0.15, 0.2) is 0 Å². The monoisotopic (exact) mass is 157 g/mol. The van der Waals surface area contributed by atoms with E-state index in [9.17, 15) is 4.79 Å². The first-order valence-electron chi connectivity index (χ1n) is 3.91. The molecule has 4 nitrogen and oxygen atoms in total. The van der Waals surface area contributed by atoms with E-state index in [4.69, 9.17) is 17.2 Å². The number of amides is 1. The van der Waals surface area contributed by atoms with Crippen molar-refractivity contribution >= 4 is 5.91 Å². The maximum absolute atomic E-state index is 10.7. The molecule has 0 radical (unpaired) electrons. The van der Waals surface area contributed by atoms with Gasteiger partial charge in [-0.25, -0.2) is 0 Å². The molecule has 1 aliphatic carbocycles. The SMILES string of the molecule is NC(=O)C1CCC(N)C(N)C1. The van der Waals surface area contributed by atoms with Crippen LogP contribution in [0.5, 0.6) is 0 Å². The highest BCUT2D eigenvalue weighted by molar-refractivity contribution is 5.76. The fraction of sp³-hybridized carbons (Fsp3) is 0.857. The van der Waals surface area contributed by atoms with Gasteiger partial charge < -0.3 is 17.2 Å². The summed E-state index contributed by atoms with van der Waals surface area (Å²) in [5, 5.41) is 0. The molecule has 64 valence electrons. The van der Waals surface area contributed by atoms with Crippen LogP contribution in [0.15, 0.2) is 0 Å². The van der Waals surface area contributed by atoms with Crippen LogP contribution in [0.1, 0.15) is 19.3 Å². The Morgan fingerprint density at radius 1 is 1.18 bits per heavy atom. The first-order valence-corrected chi connectivity index (χ1v) is 3.91. The Bertz CT molecular complexity index is 160. The molecule has 0 heterocycles. The molecule has 1 rings (SSSR count). The number of carbonyl (C=O) groups excluding carboxylic acids is 1. The summed E-state index contributed by atoms with van der Waals surface area (Å²) in [7, 11) is 0. The minimum absolute atomic E-state index is 0.0469. The molecule has 0 saturated heterocycles. The molecule has 3 atom stereocenters. The van der Waals surface area contributed by atoms with Gasteiger partial charge in [0.1, 0.15) is 0 Å². The Morgan fingerprint density at radius 2 is 1.82 bits per heavy atom. The van der Waals surface area contributed by atoms with E-state index in [2.05, 4.69) is 0 Å². The number of carbonyl (C=O) groups is 1. The second-order valence-electron chi connectivity index (χ2n) is 3.24. The molecule has 1 saturated carbocycles. The number of hydrogen-bond donors (Lipinski definition) is 3. The standard InChI is InChI=1S/C7H15N3O/c8-5-2-1-4(7(10)11)3-6(5)9/h4-6H,1-3,8-9H2,(H2,10,11). The third-order valence-electron chi connectivity index (χ3n) is 2.36. The van der Waals surface area contributed by atoms with Gasteiger partial charge in [0.25, 0.3) is 0 Å². The highest BCUT2D eigenvalue weighted by atomic mass is 16.1. The maximum atomic E-state index is 10.7. The lowest BCUT2D eigenvalue weighted by atomic mass is 9.83. The average Bonchev–Trinajstić information content (AvgIpc) is 1.94. The molecule has 4 heteroatoms. The summed E-state index contributed by atoms with van der Waals surface area (Å²) in [6.45, 7) is 0. The first-order chi connectivity index (χ1) is 5.11. The van der Waals surface area contributed by atoms with Crippen LogP contribution < -0.4 is 17.2 Å². The van der Waals surface area contributed by atoms with Crippen LogP contribution in [0.3, 0.4) is 0 Å². The van der Waals surface area contributed by atoms with Gasteiger partial charge in [0.05, 0.1) is 0 Å². The van der Waals surface area contributed by atoms with Crippen molar-refractivity contribution in [2.45, 2.75) is 31.3 Å². The number of hydrogen-bond acceptors (Lipinski definition) is 3. The molecule has 0 aromatic heterocycles. The average molecular weight is 157 g/mol. The van der Waals surface area contributed by atoms with Gasteiger partial charge in [-0.05, 0) is 19.3 Å². The Hall–Kier alpha value is -0.610. The third-order valence-corrected chi connectivity index (χ3v) is 2.36. The smallest absolute Gasteiger partial charge is 0.220 e. The predicted octanol–water partition coefficient (Wildman–Crippen LogP) is -1.07. The number of rotatable bonds is 1. The van der Waals surface area contributed by atoms with Crippen LogP contribution >= 0.6 is 0 Å². The van der Waals surface area contributed by atoms with E-state index in [-0.39, 0.29) is 23.9 Å². The van der Waals surface area contributed by atoms with Crippen LogP contribution in [-0.2, 0) is 4.79 Å². The van der Waals surface area contributed by atoms with Crippen molar-refractivity contribution in [3.63, 3.8) is 0 Å². The van der Waals surface area contributed by atoms with Crippen molar-refractivity contribution in [2.75, 3.05) is 0 Å². The second-order valence-corrected chi connectivity index (χ2v) is 3.24. The zero-order valence-electron chi connectivity index (χ0n) is 6.49. The summed E-state index contributed by atoms with van der Waals surface area (Å²) in [4.78, 5) is 10.7. The normalized spacial score (nSPS) is 38.5. The van der Waals surface area contributed by atoms with E-state index in [1.807, 2.05) is 0 Å². The largest absolute Gasteiger partial charge is 0.369 e. The minimum atomic E-state index is -0.243. The van der Waals surface area contributed by atoms with E-state index in [0.29, 0.717) is 6.42 Å². The summed E-state index contributed by atoms with van der Waals surface area (Å²) in [6, 6.07) is -0.00755. The van der Waals surface area contributed by atoms with Crippen molar-refractivity contribution in [3.8, 4) is 0 Å². The quantitative estimate of drug-likeness (QED) is 0.452. The number of nitrogens with two attached hydrogens (primary N) is 3. The van der Waals surface area contributed by atoms with Crippen molar-refractivity contribution in [3.05, 3.63) is 0 Å². The molecule has 3 unspecified atom stereocenters. The summed E-state index contributed by atoms with van der Waals surface area (Å²) in [5.74, 6) is -0.294. The predicted molar refractivity (Wildman–Crippen MR) is 42.5 cm³/mol. The Balaban J connectivity index is 2.46. The van der Waals surface area contributed by atoms with Crippen molar-refractivity contribution < 1.29 is 4.79 Å². The van der Waals surface area contributed by atoms with Crippen LogP contribution in [-0.4, -0.2) is 18.0 Å². The lowest BCUT2D eigenvalue weighted by molar-refractivity contribution is -0.122. The molecule has 1 amide bonds. The molecule has 0 aromatic rings. The highest BCUT2D eigenvalue weighted by Crippen LogP contribution is 2.21. The van der Waals surface area contributed by atoms with Gasteiger partial charge in [-0.3, -0.25) is 4.79 Å². The van der Waals surface area contributed by atoms with Crippen LogP contribution in [0.2, 0.25) is 0 Å². The second kappa shape index (κ2) is 3.19. The van der Waals surface area contributed by atoms with Gasteiger partial charge in [-0.15, -0.1) is 0 Å². The lowest BCUT2D eigenvalue weighted by Crippen LogP contribution is -2.48. The van der Waals surface area contributed by atoms with Crippen molar-refractivity contribution in [1.29, 1.82) is 0 Å². The van der Waals surface area contributed by atoms with Crippen molar-refractivity contribution in [1.82, 2.24) is 0 Å². The van der Waals surface area contributed by atoms with Gasteiger partial charge in [0.2, 0.25) is 5.91 Å². The Kier molecular flexibility index (Phi) is 2.46. The summed E-state index contributed by atoms with van der Waals surface area (Å²) < 4.78 is 0. The number of primary amides is 1. The van der Waals surface area contributed by atoms with E-state index >= 15 is 0 Å².